The number of anilines is 1. The van der Waals surface area contributed by atoms with Gasteiger partial charge in [0.2, 0.25) is 11.8 Å². The summed E-state index contributed by atoms with van der Waals surface area (Å²) in [5, 5.41) is 2.90. The van der Waals surface area contributed by atoms with Crippen LogP contribution in [0.4, 0.5) is 10.1 Å². The van der Waals surface area contributed by atoms with Crippen LogP contribution in [0, 0.1) is 5.82 Å². The summed E-state index contributed by atoms with van der Waals surface area (Å²) in [6, 6.07) is 19.4. The molecule has 3 aromatic carbocycles. The van der Waals surface area contributed by atoms with Crippen LogP contribution in [-0.2, 0) is 26.0 Å². The van der Waals surface area contributed by atoms with E-state index in [1.807, 2.05) is 58.0 Å². The number of carbonyl (C=O) groups is 2. The van der Waals surface area contributed by atoms with Crippen LogP contribution in [-0.4, -0.2) is 56.4 Å². The van der Waals surface area contributed by atoms with Gasteiger partial charge in [-0.1, -0.05) is 30.3 Å². The van der Waals surface area contributed by atoms with Crippen LogP contribution in [0.25, 0.3) is 0 Å². The van der Waals surface area contributed by atoms with Crippen molar-refractivity contribution in [2.45, 2.75) is 57.5 Å². The maximum atomic E-state index is 13.9. The van der Waals surface area contributed by atoms with Crippen molar-refractivity contribution in [3.05, 3.63) is 90.2 Å². The smallest absolute Gasteiger partial charge is 0.264 e. The molecule has 1 N–H and O–H groups in total. The largest absolute Gasteiger partial charge is 0.494 e. The van der Waals surface area contributed by atoms with Crippen LogP contribution in [0.1, 0.15) is 40.2 Å². The van der Waals surface area contributed by atoms with Gasteiger partial charge < -0.3 is 15.0 Å². The number of nitrogens with zero attached hydrogens (tertiary/aromatic N) is 2. The van der Waals surface area contributed by atoms with Gasteiger partial charge in [0, 0.05) is 12.1 Å². The predicted molar refractivity (Wildman–Crippen MR) is 158 cm³/mol. The fourth-order valence-electron chi connectivity index (χ4n) is 4.18. The third-order valence-electron chi connectivity index (χ3n) is 6.27. The number of nitrogens with one attached hydrogen (secondary N) is 1. The second-order valence-electron chi connectivity index (χ2n) is 10.6. The van der Waals surface area contributed by atoms with Crippen LogP contribution in [0.3, 0.4) is 0 Å². The number of benzene rings is 3. The first-order valence-electron chi connectivity index (χ1n) is 13.5. The zero-order valence-corrected chi connectivity index (χ0v) is 24.9. The Bertz CT molecular complexity index is 1410. The number of halogens is 1. The fraction of sp³-hybridized carbons (Fsp3) is 0.355. The highest BCUT2D eigenvalue weighted by molar-refractivity contribution is 7.92. The molecule has 1 unspecified atom stereocenters. The minimum atomic E-state index is -4.26. The van der Waals surface area contributed by atoms with E-state index in [1.54, 1.807) is 6.92 Å². The molecule has 0 fully saturated rings. The van der Waals surface area contributed by atoms with E-state index >= 15 is 0 Å². The van der Waals surface area contributed by atoms with Gasteiger partial charge in [0.15, 0.2) is 0 Å². The van der Waals surface area contributed by atoms with Crippen molar-refractivity contribution in [2.75, 3.05) is 24.0 Å². The van der Waals surface area contributed by atoms with Gasteiger partial charge in [-0.3, -0.25) is 13.9 Å². The Balaban J connectivity index is 1.98. The van der Waals surface area contributed by atoms with Gasteiger partial charge in [-0.05, 0) is 95.1 Å². The van der Waals surface area contributed by atoms with Crippen molar-refractivity contribution in [2.24, 2.45) is 0 Å². The maximum Gasteiger partial charge on any atom is 0.264 e. The molecule has 0 aromatic heterocycles. The molecule has 10 heteroatoms. The molecule has 0 aliphatic rings. The average Bonchev–Trinajstić information content (AvgIpc) is 2.92. The number of hydrogen-bond donors (Lipinski definition) is 1. The van der Waals surface area contributed by atoms with Crippen molar-refractivity contribution >= 4 is 27.5 Å². The molecule has 220 valence electrons. The maximum absolute atomic E-state index is 13.9. The molecule has 3 rings (SSSR count). The topological polar surface area (TPSA) is 96.0 Å². The first kappa shape index (κ1) is 31.6. The van der Waals surface area contributed by atoms with E-state index in [0.717, 1.165) is 22.0 Å². The quantitative estimate of drug-likeness (QED) is 0.331. The van der Waals surface area contributed by atoms with Gasteiger partial charge in [0.05, 0.1) is 17.2 Å². The number of ether oxygens (including phenoxy) is 1. The molecule has 0 saturated heterocycles. The Morgan fingerprint density at radius 3 is 2.12 bits per heavy atom. The molecule has 0 aliphatic carbocycles. The van der Waals surface area contributed by atoms with E-state index in [2.05, 4.69) is 5.32 Å². The van der Waals surface area contributed by atoms with Gasteiger partial charge in [-0.2, -0.15) is 0 Å². The summed E-state index contributed by atoms with van der Waals surface area (Å²) in [6.45, 7) is 8.97. The lowest BCUT2D eigenvalue weighted by Gasteiger charge is -2.33. The molecule has 2 amide bonds. The van der Waals surface area contributed by atoms with E-state index in [-0.39, 0.29) is 23.0 Å². The molecule has 0 aliphatic heterocycles. The third kappa shape index (κ3) is 8.78. The summed E-state index contributed by atoms with van der Waals surface area (Å²) < 4.78 is 47.8. The van der Waals surface area contributed by atoms with Crippen LogP contribution in [0.2, 0.25) is 0 Å². The Morgan fingerprint density at radius 2 is 1.56 bits per heavy atom. The van der Waals surface area contributed by atoms with Crippen molar-refractivity contribution < 1.29 is 27.1 Å². The minimum Gasteiger partial charge on any atom is -0.494 e. The van der Waals surface area contributed by atoms with Crippen molar-refractivity contribution in [3.8, 4) is 5.75 Å². The Kier molecular flexibility index (Phi) is 10.5. The Labute approximate surface area is 242 Å². The summed E-state index contributed by atoms with van der Waals surface area (Å²) in [6.07, 6.45) is 0.460. The molecule has 0 spiro atoms. The lowest BCUT2D eigenvalue weighted by atomic mass is 10.1. The van der Waals surface area contributed by atoms with Crippen molar-refractivity contribution in [3.63, 3.8) is 0 Å². The van der Waals surface area contributed by atoms with Gasteiger partial charge >= 0.3 is 0 Å². The predicted octanol–water partition coefficient (Wildman–Crippen LogP) is 4.79. The standard InChI is InChI=1S/C31H38FN3O5S/c1-6-40-27-16-18-28(19-17-27)41(38,39)35(26-14-12-25(32)13-15-26)22-29(36)34(21-20-24-10-8-7-9-11-24)23(2)30(37)33-31(3,4)5/h7-19,23H,6,20-22H2,1-5H3,(H,33,37). The van der Waals surface area contributed by atoms with Crippen LogP contribution < -0.4 is 14.4 Å². The van der Waals surface area contributed by atoms with Crippen LogP contribution in [0.15, 0.2) is 83.8 Å². The first-order valence-corrected chi connectivity index (χ1v) is 14.9. The van der Waals surface area contributed by atoms with E-state index in [4.69, 9.17) is 4.74 Å². The summed E-state index contributed by atoms with van der Waals surface area (Å²) in [5.74, 6) is -0.977. The monoisotopic (exact) mass is 583 g/mol. The summed E-state index contributed by atoms with van der Waals surface area (Å²) in [7, 11) is -4.26. The highest BCUT2D eigenvalue weighted by Gasteiger charge is 2.33. The molecule has 8 nitrogen and oxygen atoms in total. The summed E-state index contributed by atoms with van der Waals surface area (Å²) in [5.41, 5.74) is 0.547. The highest BCUT2D eigenvalue weighted by Crippen LogP contribution is 2.26. The van der Waals surface area contributed by atoms with Crippen LogP contribution in [0.5, 0.6) is 5.75 Å². The molecule has 41 heavy (non-hydrogen) atoms. The second kappa shape index (κ2) is 13.6. The zero-order valence-electron chi connectivity index (χ0n) is 24.1. The molecule has 0 bridgehead atoms. The van der Waals surface area contributed by atoms with Gasteiger partial charge in [0.25, 0.3) is 10.0 Å². The lowest BCUT2D eigenvalue weighted by Crippen LogP contribution is -2.55. The Hall–Kier alpha value is -3.92. The molecular formula is C31H38FN3O5S. The number of rotatable bonds is 12. The molecule has 3 aromatic rings. The van der Waals surface area contributed by atoms with Crippen molar-refractivity contribution in [1.29, 1.82) is 0 Å². The fourth-order valence-corrected chi connectivity index (χ4v) is 5.60. The van der Waals surface area contributed by atoms with E-state index in [0.29, 0.717) is 18.8 Å². The van der Waals surface area contributed by atoms with E-state index in [1.165, 1.54) is 41.3 Å². The number of amides is 2. The van der Waals surface area contributed by atoms with E-state index in [9.17, 15) is 22.4 Å². The summed E-state index contributed by atoms with van der Waals surface area (Å²) >= 11 is 0. The molecule has 1 atom stereocenters. The minimum absolute atomic E-state index is 0.0626. The van der Waals surface area contributed by atoms with Gasteiger partial charge in [0.1, 0.15) is 24.2 Å². The van der Waals surface area contributed by atoms with Gasteiger partial charge in [-0.15, -0.1) is 0 Å². The van der Waals surface area contributed by atoms with E-state index < -0.39 is 39.9 Å². The molecular weight excluding hydrogens is 545 g/mol. The molecule has 0 saturated carbocycles. The average molecular weight is 584 g/mol. The molecule has 0 heterocycles. The number of hydrogen-bond acceptors (Lipinski definition) is 5. The Morgan fingerprint density at radius 1 is 0.951 bits per heavy atom. The molecule has 0 radical (unpaired) electrons. The van der Waals surface area contributed by atoms with Crippen LogP contribution >= 0.6 is 0 Å². The normalized spacial score (nSPS) is 12.3. The second-order valence-corrected chi connectivity index (χ2v) is 12.5. The summed E-state index contributed by atoms with van der Waals surface area (Å²) in [4.78, 5) is 28.3. The van der Waals surface area contributed by atoms with Crippen molar-refractivity contribution in [1.82, 2.24) is 10.2 Å². The number of carbonyl (C=O) groups excluding carboxylic acids is 2. The SMILES string of the molecule is CCOc1ccc(S(=O)(=O)N(CC(=O)N(CCc2ccccc2)C(C)C(=O)NC(C)(C)C)c2ccc(F)cc2)cc1. The third-order valence-corrected chi connectivity index (χ3v) is 8.05. The van der Waals surface area contributed by atoms with Gasteiger partial charge in [-0.25, -0.2) is 12.8 Å². The lowest BCUT2D eigenvalue weighted by molar-refractivity contribution is -0.139. The highest BCUT2D eigenvalue weighted by atomic mass is 32.2. The number of sulfonamides is 1. The first-order chi connectivity index (χ1) is 19.3. The zero-order chi connectivity index (χ0) is 30.2.